The van der Waals surface area contributed by atoms with Crippen molar-refractivity contribution in [2.45, 2.75) is 6.42 Å². The normalized spacial score (nSPS) is 9.31. The molecule has 0 saturated carbocycles. The molecule has 1 aromatic rings. The smallest absolute Gasteiger partial charge is 0.174 e. The van der Waals surface area contributed by atoms with Crippen molar-refractivity contribution in [2.24, 2.45) is 0 Å². The molecular formula is C10H6BrFO. The summed E-state index contributed by atoms with van der Waals surface area (Å²) in [7, 11) is 0. The van der Waals surface area contributed by atoms with Crippen LogP contribution in [-0.2, 0) is 0 Å². The van der Waals surface area contributed by atoms with Crippen molar-refractivity contribution in [3.63, 3.8) is 0 Å². The van der Waals surface area contributed by atoms with Gasteiger partial charge in [-0.3, -0.25) is 4.79 Å². The molecule has 0 amide bonds. The van der Waals surface area contributed by atoms with E-state index in [2.05, 4.69) is 21.9 Å². The van der Waals surface area contributed by atoms with Gasteiger partial charge in [-0.1, -0.05) is 21.9 Å². The molecule has 0 atom stereocenters. The van der Waals surface area contributed by atoms with Crippen LogP contribution in [0.15, 0.2) is 22.7 Å². The Morgan fingerprint density at radius 2 is 2.23 bits per heavy atom. The maximum absolute atomic E-state index is 12.8. The van der Waals surface area contributed by atoms with Crippen molar-refractivity contribution in [1.82, 2.24) is 0 Å². The first-order chi connectivity index (χ1) is 6.13. The van der Waals surface area contributed by atoms with E-state index in [1.807, 2.05) is 0 Å². The molecule has 1 aromatic carbocycles. The summed E-state index contributed by atoms with van der Waals surface area (Å²) in [5, 5.41) is 0. The van der Waals surface area contributed by atoms with Gasteiger partial charge in [-0.15, -0.1) is 6.42 Å². The lowest BCUT2D eigenvalue weighted by Crippen LogP contribution is -1.97. The van der Waals surface area contributed by atoms with Gasteiger partial charge in [-0.2, -0.15) is 0 Å². The second-order valence-electron chi connectivity index (χ2n) is 2.46. The maximum Gasteiger partial charge on any atom is 0.174 e. The average molecular weight is 241 g/mol. The lowest BCUT2D eigenvalue weighted by molar-refractivity contribution is 0.0997. The van der Waals surface area contributed by atoms with Crippen LogP contribution in [0.1, 0.15) is 16.8 Å². The number of terminal acetylenes is 1. The molecule has 0 aliphatic rings. The standard InChI is InChI=1S/C10H6BrFO/c1-2-3-10(13)7-4-8(11)6-9(12)5-7/h1,4-6H,3H2. The first-order valence-electron chi connectivity index (χ1n) is 3.56. The zero-order chi connectivity index (χ0) is 9.84. The molecule has 0 saturated heterocycles. The SMILES string of the molecule is C#CCC(=O)c1cc(F)cc(Br)c1. The lowest BCUT2D eigenvalue weighted by Gasteiger charge is -1.98. The largest absolute Gasteiger partial charge is 0.293 e. The van der Waals surface area contributed by atoms with E-state index >= 15 is 0 Å². The second kappa shape index (κ2) is 4.20. The molecule has 0 bridgehead atoms. The molecule has 0 fully saturated rings. The highest BCUT2D eigenvalue weighted by Crippen LogP contribution is 2.15. The summed E-state index contributed by atoms with van der Waals surface area (Å²) in [6, 6.07) is 4.00. The van der Waals surface area contributed by atoms with Gasteiger partial charge in [0, 0.05) is 10.0 Å². The molecule has 0 aliphatic carbocycles. The van der Waals surface area contributed by atoms with Crippen LogP contribution in [-0.4, -0.2) is 5.78 Å². The fourth-order valence-electron chi connectivity index (χ4n) is 0.910. The summed E-state index contributed by atoms with van der Waals surface area (Å²) in [6.45, 7) is 0. The number of Topliss-reactive ketones (excluding diaryl/α,β-unsaturated/α-hetero) is 1. The van der Waals surface area contributed by atoms with Gasteiger partial charge in [0.15, 0.2) is 5.78 Å². The first kappa shape index (κ1) is 9.94. The van der Waals surface area contributed by atoms with E-state index in [9.17, 15) is 9.18 Å². The summed E-state index contributed by atoms with van der Waals surface area (Å²) in [5.74, 6) is 1.52. The number of hydrogen-bond donors (Lipinski definition) is 0. The minimum Gasteiger partial charge on any atom is -0.293 e. The van der Waals surface area contributed by atoms with Crippen LogP contribution >= 0.6 is 15.9 Å². The third-order valence-corrected chi connectivity index (χ3v) is 1.90. The molecule has 1 rings (SSSR count). The summed E-state index contributed by atoms with van der Waals surface area (Å²) in [4.78, 5) is 11.2. The van der Waals surface area contributed by atoms with E-state index < -0.39 is 5.82 Å². The zero-order valence-electron chi connectivity index (χ0n) is 6.68. The molecule has 3 heteroatoms. The molecule has 66 valence electrons. The Balaban J connectivity index is 3.02. The van der Waals surface area contributed by atoms with Crippen molar-refractivity contribution < 1.29 is 9.18 Å². The van der Waals surface area contributed by atoms with Crippen molar-refractivity contribution in [2.75, 3.05) is 0 Å². The van der Waals surface area contributed by atoms with Crippen LogP contribution in [0, 0.1) is 18.2 Å². The minimum absolute atomic E-state index is 0.00407. The van der Waals surface area contributed by atoms with Crippen LogP contribution < -0.4 is 0 Å². The first-order valence-corrected chi connectivity index (χ1v) is 4.35. The monoisotopic (exact) mass is 240 g/mol. The molecule has 0 spiro atoms. The minimum atomic E-state index is -0.449. The highest BCUT2D eigenvalue weighted by molar-refractivity contribution is 9.10. The Hall–Kier alpha value is -1.14. The predicted molar refractivity (Wildman–Crippen MR) is 51.9 cm³/mol. The Morgan fingerprint density at radius 3 is 2.77 bits per heavy atom. The third-order valence-electron chi connectivity index (χ3n) is 1.45. The third kappa shape index (κ3) is 2.67. The Morgan fingerprint density at radius 1 is 1.54 bits per heavy atom. The molecular weight excluding hydrogens is 235 g/mol. The molecule has 13 heavy (non-hydrogen) atoms. The number of carbonyl (C=O) groups is 1. The molecule has 1 nitrogen and oxygen atoms in total. The highest BCUT2D eigenvalue weighted by atomic mass is 79.9. The van der Waals surface area contributed by atoms with E-state index in [0.29, 0.717) is 10.0 Å². The molecule has 0 radical (unpaired) electrons. The Bertz CT molecular complexity index is 359. The molecule has 0 N–H and O–H groups in total. The van der Waals surface area contributed by atoms with Crippen LogP contribution in [0.3, 0.4) is 0 Å². The number of rotatable bonds is 2. The highest BCUT2D eigenvalue weighted by Gasteiger charge is 2.06. The quantitative estimate of drug-likeness (QED) is 0.574. The Labute approximate surface area is 84.1 Å². The lowest BCUT2D eigenvalue weighted by atomic mass is 10.1. The van der Waals surface area contributed by atoms with Crippen LogP contribution in [0.2, 0.25) is 0 Å². The van der Waals surface area contributed by atoms with Crippen molar-refractivity contribution >= 4 is 21.7 Å². The van der Waals surface area contributed by atoms with Gasteiger partial charge < -0.3 is 0 Å². The van der Waals surface area contributed by atoms with Crippen molar-refractivity contribution in [3.05, 3.63) is 34.1 Å². The van der Waals surface area contributed by atoms with Gasteiger partial charge in [0.25, 0.3) is 0 Å². The van der Waals surface area contributed by atoms with E-state index in [0.717, 1.165) is 0 Å². The molecule has 0 aromatic heterocycles. The fourth-order valence-corrected chi connectivity index (χ4v) is 1.37. The fraction of sp³-hybridized carbons (Fsp3) is 0.100. The van der Waals surface area contributed by atoms with E-state index in [4.69, 9.17) is 6.42 Å². The van der Waals surface area contributed by atoms with Gasteiger partial charge in [0.1, 0.15) is 5.82 Å². The maximum atomic E-state index is 12.8. The van der Waals surface area contributed by atoms with Crippen LogP contribution in [0.4, 0.5) is 4.39 Å². The van der Waals surface area contributed by atoms with Gasteiger partial charge in [-0.25, -0.2) is 4.39 Å². The van der Waals surface area contributed by atoms with Crippen LogP contribution in [0.5, 0.6) is 0 Å². The van der Waals surface area contributed by atoms with E-state index in [1.54, 1.807) is 6.07 Å². The summed E-state index contributed by atoms with van der Waals surface area (Å²) in [6.07, 6.45) is 4.96. The summed E-state index contributed by atoms with van der Waals surface area (Å²) < 4.78 is 13.3. The molecule has 0 heterocycles. The summed E-state index contributed by atoms with van der Waals surface area (Å²) >= 11 is 3.09. The van der Waals surface area contributed by atoms with Gasteiger partial charge in [0.05, 0.1) is 6.42 Å². The van der Waals surface area contributed by atoms with Gasteiger partial charge in [-0.05, 0) is 18.2 Å². The molecule has 0 aliphatic heterocycles. The zero-order valence-corrected chi connectivity index (χ0v) is 8.27. The van der Waals surface area contributed by atoms with Crippen molar-refractivity contribution in [1.29, 1.82) is 0 Å². The summed E-state index contributed by atoms with van der Waals surface area (Å²) in [5.41, 5.74) is 0.296. The number of carbonyl (C=O) groups excluding carboxylic acids is 1. The molecule has 0 unspecified atom stereocenters. The number of halogens is 2. The van der Waals surface area contributed by atoms with Gasteiger partial charge >= 0.3 is 0 Å². The van der Waals surface area contributed by atoms with Gasteiger partial charge in [0.2, 0.25) is 0 Å². The second-order valence-corrected chi connectivity index (χ2v) is 3.38. The van der Waals surface area contributed by atoms with Crippen LogP contribution in [0.25, 0.3) is 0 Å². The van der Waals surface area contributed by atoms with E-state index in [1.165, 1.54) is 12.1 Å². The van der Waals surface area contributed by atoms with E-state index in [-0.39, 0.29) is 12.2 Å². The number of hydrogen-bond acceptors (Lipinski definition) is 1. The number of benzene rings is 1. The average Bonchev–Trinajstić information content (AvgIpc) is 2.03. The number of ketones is 1. The van der Waals surface area contributed by atoms with Crippen molar-refractivity contribution in [3.8, 4) is 12.3 Å². The Kier molecular flexibility index (Phi) is 3.21. The predicted octanol–water partition coefficient (Wildman–Crippen LogP) is 2.79. The topological polar surface area (TPSA) is 17.1 Å².